The van der Waals surface area contributed by atoms with Crippen LogP contribution in [0.4, 0.5) is 21.9 Å². The highest BCUT2D eigenvalue weighted by atomic mass is 16.5. The zero-order valence-electron chi connectivity index (χ0n) is 27.0. The molecule has 0 heterocycles. The van der Waals surface area contributed by atoms with Crippen LogP contribution in [0, 0.1) is 11.3 Å². The molecule has 0 aliphatic rings. The average molecular weight is 599 g/mol. The fourth-order valence-corrected chi connectivity index (χ4v) is 4.65. The highest BCUT2D eigenvalue weighted by molar-refractivity contribution is 6.01. The Bertz CT molecular complexity index is 1510. The van der Waals surface area contributed by atoms with Crippen LogP contribution in [0.2, 0.25) is 0 Å². The summed E-state index contributed by atoms with van der Waals surface area (Å²) in [5.74, 6) is 0.181. The van der Waals surface area contributed by atoms with Gasteiger partial charge in [0, 0.05) is 23.0 Å². The van der Waals surface area contributed by atoms with Crippen molar-refractivity contribution in [3.63, 3.8) is 0 Å². The number of hydrogen-bond acceptors (Lipinski definition) is 5. The fourth-order valence-electron chi connectivity index (χ4n) is 4.65. The van der Waals surface area contributed by atoms with Gasteiger partial charge in [-0.05, 0) is 78.5 Å². The molecule has 0 radical (unpaired) electrons. The highest BCUT2D eigenvalue weighted by Gasteiger charge is 2.29. The Labute approximate surface area is 261 Å². The van der Waals surface area contributed by atoms with Gasteiger partial charge < -0.3 is 25.8 Å². The number of nitrogens with zero attached hydrogens (tertiary/aromatic N) is 1. The Morgan fingerprint density at radius 3 is 2.23 bits per heavy atom. The number of carbonyl (C=O) groups excluding carboxylic acids is 2. The number of nitriles is 1. The zero-order valence-corrected chi connectivity index (χ0v) is 27.0. The lowest BCUT2D eigenvalue weighted by molar-refractivity contribution is -0.123. The van der Waals surface area contributed by atoms with Gasteiger partial charge in [0.1, 0.15) is 11.5 Å². The molecule has 0 spiro atoms. The fraction of sp³-hybridized carbons (Fsp3) is 0.417. The van der Waals surface area contributed by atoms with Crippen molar-refractivity contribution in [1.29, 1.82) is 5.26 Å². The molecular formula is C36H46N4O4. The Kier molecular flexibility index (Phi) is 11.4. The molecule has 8 nitrogen and oxygen atoms in total. The predicted molar refractivity (Wildman–Crippen MR) is 178 cm³/mol. The molecule has 3 rings (SSSR count). The SMILES string of the molecule is CCCCC(Oc1ccc(C(C)(C)CC)cc1C(C)(C)CC)C(=O)Nc1ccc(NC(=O)Nc2cccc(C#N)c2)c(O)c1. The number of rotatable bonds is 13. The number of urea groups is 1. The summed E-state index contributed by atoms with van der Waals surface area (Å²) in [5.41, 5.74) is 3.58. The van der Waals surface area contributed by atoms with Crippen molar-refractivity contribution < 1.29 is 19.4 Å². The Morgan fingerprint density at radius 2 is 1.59 bits per heavy atom. The first kappa shape index (κ1) is 34.0. The van der Waals surface area contributed by atoms with E-state index in [1.807, 2.05) is 12.1 Å². The number of phenolic OH excluding ortho intramolecular Hbond substituents is 1. The van der Waals surface area contributed by atoms with Crippen LogP contribution >= 0.6 is 0 Å². The van der Waals surface area contributed by atoms with Crippen LogP contribution in [-0.2, 0) is 15.6 Å². The first-order valence-corrected chi connectivity index (χ1v) is 15.4. The molecule has 1 unspecified atom stereocenters. The van der Waals surface area contributed by atoms with Gasteiger partial charge in [0.25, 0.3) is 5.91 Å². The summed E-state index contributed by atoms with van der Waals surface area (Å²) in [6, 6.07) is 18.8. The van der Waals surface area contributed by atoms with Crippen molar-refractivity contribution in [1.82, 2.24) is 0 Å². The van der Waals surface area contributed by atoms with E-state index in [4.69, 9.17) is 10.00 Å². The third-order valence-corrected chi connectivity index (χ3v) is 8.40. The molecule has 0 fully saturated rings. The van der Waals surface area contributed by atoms with E-state index in [0.29, 0.717) is 29.1 Å². The zero-order chi connectivity index (χ0) is 32.5. The maximum absolute atomic E-state index is 13.5. The van der Waals surface area contributed by atoms with Crippen molar-refractivity contribution in [2.75, 3.05) is 16.0 Å². The lowest BCUT2D eigenvalue weighted by Crippen LogP contribution is -2.34. The summed E-state index contributed by atoms with van der Waals surface area (Å²) in [5, 5.41) is 27.8. The van der Waals surface area contributed by atoms with Gasteiger partial charge in [0.15, 0.2) is 6.10 Å². The quantitative estimate of drug-likeness (QED) is 0.146. The molecule has 1 atom stereocenters. The third kappa shape index (κ3) is 8.76. The molecule has 3 aromatic rings. The summed E-state index contributed by atoms with van der Waals surface area (Å²) < 4.78 is 6.49. The van der Waals surface area contributed by atoms with E-state index in [1.54, 1.807) is 30.3 Å². The second-order valence-corrected chi connectivity index (χ2v) is 12.4. The number of anilines is 3. The number of amides is 3. The Morgan fingerprint density at radius 1 is 0.886 bits per heavy atom. The average Bonchev–Trinajstić information content (AvgIpc) is 3.00. The van der Waals surface area contributed by atoms with Gasteiger partial charge in [-0.25, -0.2) is 4.79 Å². The van der Waals surface area contributed by atoms with E-state index in [2.05, 4.69) is 76.5 Å². The maximum Gasteiger partial charge on any atom is 0.323 e. The monoisotopic (exact) mass is 598 g/mol. The second-order valence-electron chi connectivity index (χ2n) is 12.4. The molecule has 0 aliphatic carbocycles. The molecule has 0 aromatic heterocycles. The maximum atomic E-state index is 13.5. The van der Waals surface area contributed by atoms with Gasteiger partial charge in [-0.3, -0.25) is 4.79 Å². The summed E-state index contributed by atoms with van der Waals surface area (Å²) >= 11 is 0. The number of unbranched alkanes of at least 4 members (excludes halogenated alkanes) is 1. The minimum Gasteiger partial charge on any atom is -0.506 e. The molecular weight excluding hydrogens is 552 g/mol. The first-order valence-electron chi connectivity index (χ1n) is 15.4. The van der Waals surface area contributed by atoms with Crippen LogP contribution in [0.5, 0.6) is 11.5 Å². The van der Waals surface area contributed by atoms with Crippen molar-refractivity contribution in [3.05, 3.63) is 77.4 Å². The van der Waals surface area contributed by atoms with E-state index in [0.717, 1.165) is 31.2 Å². The van der Waals surface area contributed by atoms with Gasteiger partial charge in [0.2, 0.25) is 0 Å². The highest BCUT2D eigenvalue weighted by Crippen LogP contribution is 2.39. The number of carbonyl (C=O) groups is 2. The van der Waals surface area contributed by atoms with E-state index in [-0.39, 0.29) is 28.2 Å². The second kappa shape index (κ2) is 14.8. The summed E-state index contributed by atoms with van der Waals surface area (Å²) in [4.78, 5) is 26.0. The Hall–Kier alpha value is -4.51. The number of nitrogens with one attached hydrogen (secondary N) is 3. The summed E-state index contributed by atoms with van der Waals surface area (Å²) in [7, 11) is 0. The molecule has 0 bridgehead atoms. The minimum atomic E-state index is -0.735. The van der Waals surface area contributed by atoms with Crippen LogP contribution in [0.25, 0.3) is 0 Å². The van der Waals surface area contributed by atoms with E-state index < -0.39 is 12.1 Å². The van der Waals surface area contributed by atoms with Crippen LogP contribution in [0.15, 0.2) is 60.7 Å². The normalized spacial score (nSPS) is 12.1. The Balaban J connectivity index is 1.78. The molecule has 0 aliphatic heterocycles. The molecule has 234 valence electrons. The lowest BCUT2D eigenvalue weighted by atomic mass is 9.76. The first-order chi connectivity index (χ1) is 20.8. The summed E-state index contributed by atoms with van der Waals surface area (Å²) in [6.07, 6.45) is 3.44. The van der Waals surface area contributed by atoms with Crippen molar-refractivity contribution in [3.8, 4) is 17.6 Å². The van der Waals surface area contributed by atoms with Gasteiger partial charge in [-0.2, -0.15) is 5.26 Å². The van der Waals surface area contributed by atoms with Gasteiger partial charge in [0.05, 0.1) is 17.3 Å². The van der Waals surface area contributed by atoms with Crippen molar-refractivity contribution in [2.24, 2.45) is 0 Å². The van der Waals surface area contributed by atoms with Crippen molar-refractivity contribution >= 4 is 29.0 Å². The van der Waals surface area contributed by atoms with Crippen LogP contribution in [0.1, 0.15) is 97.3 Å². The lowest BCUT2D eigenvalue weighted by Gasteiger charge is -2.31. The number of aromatic hydroxyl groups is 1. The molecule has 3 amide bonds. The van der Waals surface area contributed by atoms with Crippen LogP contribution in [-0.4, -0.2) is 23.1 Å². The van der Waals surface area contributed by atoms with E-state index >= 15 is 0 Å². The van der Waals surface area contributed by atoms with Gasteiger partial charge in [-0.1, -0.05) is 73.1 Å². The van der Waals surface area contributed by atoms with Gasteiger partial charge in [-0.15, -0.1) is 0 Å². The van der Waals surface area contributed by atoms with E-state index in [9.17, 15) is 14.7 Å². The predicted octanol–water partition coefficient (Wildman–Crippen LogP) is 8.86. The molecule has 0 saturated heterocycles. The van der Waals surface area contributed by atoms with E-state index in [1.165, 1.54) is 17.7 Å². The molecule has 3 aromatic carbocycles. The number of ether oxygens (including phenoxy) is 1. The summed E-state index contributed by atoms with van der Waals surface area (Å²) in [6.45, 7) is 15.3. The van der Waals surface area contributed by atoms with Gasteiger partial charge >= 0.3 is 6.03 Å². The largest absolute Gasteiger partial charge is 0.506 e. The number of hydrogen-bond donors (Lipinski definition) is 4. The van der Waals surface area contributed by atoms with Crippen LogP contribution < -0.4 is 20.7 Å². The number of phenols is 1. The minimum absolute atomic E-state index is 0.0161. The smallest absolute Gasteiger partial charge is 0.323 e. The molecule has 4 N–H and O–H groups in total. The molecule has 8 heteroatoms. The van der Waals surface area contributed by atoms with Crippen molar-refractivity contribution in [2.45, 2.75) is 97.5 Å². The number of benzene rings is 3. The standard InChI is InChI=1S/C36H46N4O4/c1-8-11-15-32(44-31-19-16-25(35(4,5)9-2)21-28(31)36(6,7)10-3)33(42)38-27-17-18-29(30(41)22-27)40-34(43)39-26-14-12-13-24(20-26)23-37/h12-14,16-22,32,41H,8-11,15H2,1-7H3,(H,38,42)(H2,39,40,43). The topological polar surface area (TPSA) is 123 Å². The third-order valence-electron chi connectivity index (χ3n) is 8.40. The molecule has 44 heavy (non-hydrogen) atoms. The van der Waals surface area contributed by atoms with Crippen LogP contribution in [0.3, 0.4) is 0 Å². The molecule has 0 saturated carbocycles.